The molecule has 1 aromatic rings. The van der Waals surface area contributed by atoms with Crippen LogP contribution in [0.25, 0.3) is 0 Å². The summed E-state index contributed by atoms with van der Waals surface area (Å²) < 4.78 is 37.2. The van der Waals surface area contributed by atoms with Crippen molar-refractivity contribution in [3.63, 3.8) is 0 Å². The Labute approximate surface area is 180 Å². The number of alkyl halides is 3. The quantitative estimate of drug-likeness (QED) is 0.342. The van der Waals surface area contributed by atoms with Gasteiger partial charge in [-0.1, -0.05) is 0 Å². The van der Waals surface area contributed by atoms with Gasteiger partial charge in [-0.25, -0.2) is 4.98 Å². The van der Waals surface area contributed by atoms with Gasteiger partial charge in [-0.3, -0.25) is 9.89 Å². The molecule has 2 heterocycles. The molecule has 1 aromatic heterocycles. The molecule has 0 spiro atoms. The zero-order valence-corrected chi connectivity index (χ0v) is 19.2. The number of thiazole rings is 1. The second-order valence-corrected chi connectivity index (χ2v) is 8.01. The van der Waals surface area contributed by atoms with Crippen molar-refractivity contribution in [2.75, 3.05) is 33.2 Å². The van der Waals surface area contributed by atoms with E-state index in [-0.39, 0.29) is 24.0 Å². The van der Waals surface area contributed by atoms with E-state index >= 15 is 0 Å². The average molecular weight is 519 g/mol. The minimum atomic E-state index is -4.10. The molecule has 0 amide bonds. The fourth-order valence-electron chi connectivity index (χ4n) is 3.08. The van der Waals surface area contributed by atoms with Gasteiger partial charge >= 0.3 is 6.18 Å². The summed E-state index contributed by atoms with van der Waals surface area (Å²) in [5.41, 5.74) is 1.06. The molecular weight excluding hydrogens is 490 g/mol. The fraction of sp³-hybridized carbons (Fsp3) is 0.765. The number of halogens is 4. The summed E-state index contributed by atoms with van der Waals surface area (Å²) in [7, 11) is 1.73. The predicted molar refractivity (Wildman–Crippen MR) is 115 cm³/mol. The molecule has 1 aliphatic rings. The number of aliphatic imine (C=N–C) groups is 1. The van der Waals surface area contributed by atoms with E-state index in [4.69, 9.17) is 0 Å². The standard InChI is InChI=1S/C17H28F3N5S.HI/c1-12-13(2)26-15(24-12)10-23-16(21-3)22-7-4-14-5-8-25(9-6-14)11-17(18,19)20;/h14H,4-11H2,1-3H3,(H2,21,22,23);1H. The van der Waals surface area contributed by atoms with Crippen molar-refractivity contribution in [1.82, 2.24) is 20.5 Å². The number of hydrogen-bond donors (Lipinski definition) is 2. The summed E-state index contributed by atoms with van der Waals surface area (Å²) in [5, 5.41) is 7.56. The largest absolute Gasteiger partial charge is 0.401 e. The van der Waals surface area contributed by atoms with Gasteiger partial charge in [0, 0.05) is 18.5 Å². The highest BCUT2D eigenvalue weighted by Crippen LogP contribution is 2.24. The summed E-state index contributed by atoms with van der Waals surface area (Å²) >= 11 is 1.68. The Balaban J connectivity index is 0.00000364. The van der Waals surface area contributed by atoms with Gasteiger partial charge in [0.1, 0.15) is 5.01 Å². The summed E-state index contributed by atoms with van der Waals surface area (Å²) in [6.07, 6.45) is -1.51. The van der Waals surface area contributed by atoms with Crippen molar-refractivity contribution in [2.45, 2.75) is 45.8 Å². The second-order valence-electron chi connectivity index (χ2n) is 6.73. The summed E-state index contributed by atoms with van der Waals surface area (Å²) in [5.74, 6) is 1.19. The number of aryl methyl sites for hydroxylation is 2. The Bertz CT molecular complexity index is 578. The van der Waals surface area contributed by atoms with Crippen molar-refractivity contribution in [3.05, 3.63) is 15.6 Å². The zero-order chi connectivity index (χ0) is 19.2. The second kappa shape index (κ2) is 11.4. The van der Waals surface area contributed by atoms with Crippen LogP contribution in [0.3, 0.4) is 0 Å². The maximum absolute atomic E-state index is 12.4. The molecule has 1 saturated heterocycles. The predicted octanol–water partition coefficient (Wildman–Crippen LogP) is 3.71. The lowest BCUT2D eigenvalue weighted by Gasteiger charge is -2.32. The summed E-state index contributed by atoms with van der Waals surface area (Å²) in [6, 6.07) is 0. The van der Waals surface area contributed by atoms with Crippen LogP contribution in [-0.4, -0.2) is 55.2 Å². The van der Waals surface area contributed by atoms with E-state index in [0.29, 0.717) is 25.6 Å². The van der Waals surface area contributed by atoms with Crippen molar-refractivity contribution >= 4 is 41.3 Å². The first kappa shape index (κ1) is 24.4. The zero-order valence-electron chi connectivity index (χ0n) is 16.0. The molecule has 10 heteroatoms. The fourth-order valence-corrected chi connectivity index (χ4v) is 3.95. The number of likely N-dealkylation sites (tertiary alicyclic amines) is 1. The molecule has 156 valence electrons. The molecule has 27 heavy (non-hydrogen) atoms. The molecule has 0 aromatic carbocycles. The monoisotopic (exact) mass is 519 g/mol. The third kappa shape index (κ3) is 8.95. The van der Waals surface area contributed by atoms with Crippen LogP contribution in [0.15, 0.2) is 4.99 Å². The van der Waals surface area contributed by atoms with E-state index in [1.54, 1.807) is 18.4 Å². The topological polar surface area (TPSA) is 52.6 Å². The molecule has 2 N–H and O–H groups in total. The Kier molecular flexibility index (Phi) is 10.3. The Morgan fingerprint density at radius 2 is 1.93 bits per heavy atom. The van der Waals surface area contributed by atoms with Gasteiger partial charge in [0.05, 0.1) is 18.8 Å². The van der Waals surface area contributed by atoms with E-state index in [1.165, 1.54) is 9.78 Å². The lowest BCUT2D eigenvalue weighted by atomic mass is 9.93. The number of rotatable bonds is 6. The first-order valence-corrected chi connectivity index (χ1v) is 9.75. The molecule has 0 bridgehead atoms. The highest BCUT2D eigenvalue weighted by Gasteiger charge is 2.32. The van der Waals surface area contributed by atoms with Crippen LogP contribution in [-0.2, 0) is 6.54 Å². The summed E-state index contributed by atoms with van der Waals surface area (Å²) in [4.78, 5) is 11.4. The third-order valence-electron chi connectivity index (χ3n) is 4.66. The highest BCUT2D eigenvalue weighted by atomic mass is 127. The van der Waals surface area contributed by atoms with Crippen LogP contribution in [0.1, 0.15) is 34.8 Å². The minimum absolute atomic E-state index is 0. The van der Waals surface area contributed by atoms with Gasteiger partial charge in [0.2, 0.25) is 0 Å². The Morgan fingerprint density at radius 1 is 1.26 bits per heavy atom. The van der Waals surface area contributed by atoms with Crippen molar-refractivity contribution in [1.29, 1.82) is 0 Å². The molecular formula is C17H29F3IN5S. The van der Waals surface area contributed by atoms with Crippen molar-refractivity contribution in [3.8, 4) is 0 Å². The molecule has 0 unspecified atom stereocenters. The first-order valence-electron chi connectivity index (χ1n) is 8.93. The van der Waals surface area contributed by atoms with Gasteiger partial charge in [-0.05, 0) is 52.1 Å². The summed E-state index contributed by atoms with van der Waals surface area (Å²) in [6.45, 7) is 5.73. The smallest absolute Gasteiger partial charge is 0.356 e. The van der Waals surface area contributed by atoms with Crippen LogP contribution >= 0.6 is 35.3 Å². The molecule has 1 aliphatic heterocycles. The van der Waals surface area contributed by atoms with E-state index in [9.17, 15) is 13.2 Å². The van der Waals surface area contributed by atoms with Gasteiger partial charge in [-0.2, -0.15) is 13.2 Å². The SMILES string of the molecule is CN=C(NCCC1CCN(CC(F)(F)F)CC1)NCc1nc(C)c(C)s1.I. The van der Waals surface area contributed by atoms with Gasteiger partial charge in [-0.15, -0.1) is 35.3 Å². The van der Waals surface area contributed by atoms with Crippen LogP contribution in [0.2, 0.25) is 0 Å². The maximum atomic E-state index is 12.4. The Hall–Kier alpha value is -0.620. The lowest BCUT2D eigenvalue weighted by molar-refractivity contribution is -0.148. The lowest BCUT2D eigenvalue weighted by Crippen LogP contribution is -2.41. The van der Waals surface area contributed by atoms with Gasteiger partial charge < -0.3 is 10.6 Å². The first-order chi connectivity index (χ1) is 12.3. The molecule has 0 saturated carbocycles. The van der Waals surface area contributed by atoms with Gasteiger partial charge in [0.25, 0.3) is 0 Å². The van der Waals surface area contributed by atoms with Crippen LogP contribution in [0.5, 0.6) is 0 Å². The number of aromatic nitrogens is 1. The number of nitrogens with zero attached hydrogens (tertiary/aromatic N) is 3. The van der Waals surface area contributed by atoms with Gasteiger partial charge in [0.15, 0.2) is 5.96 Å². The van der Waals surface area contributed by atoms with Crippen LogP contribution < -0.4 is 10.6 Å². The molecule has 0 atom stereocenters. The molecule has 0 radical (unpaired) electrons. The molecule has 0 aliphatic carbocycles. The number of nitrogens with one attached hydrogen (secondary N) is 2. The third-order valence-corrected chi connectivity index (χ3v) is 5.73. The van der Waals surface area contributed by atoms with E-state index in [2.05, 4.69) is 27.5 Å². The van der Waals surface area contributed by atoms with Crippen LogP contribution in [0, 0.1) is 19.8 Å². The number of piperidine rings is 1. The van der Waals surface area contributed by atoms with Crippen LogP contribution in [0.4, 0.5) is 13.2 Å². The van der Waals surface area contributed by atoms with E-state index in [1.807, 2.05) is 6.92 Å². The van der Waals surface area contributed by atoms with Crippen molar-refractivity contribution in [2.24, 2.45) is 10.9 Å². The van der Waals surface area contributed by atoms with E-state index in [0.717, 1.165) is 42.5 Å². The van der Waals surface area contributed by atoms with E-state index < -0.39 is 12.7 Å². The number of guanidine groups is 1. The minimum Gasteiger partial charge on any atom is -0.356 e. The number of hydrogen-bond acceptors (Lipinski definition) is 4. The molecule has 1 fully saturated rings. The van der Waals surface area contributed by atoms with Crippen molar-refractivity contribution < 1.29 is 13.2 Å². The highest BCUT2D eigenvalue weighted by molar-refractivity contribution is 14.0. The average Bonchev–Trinajstić information content (AvgIpc) is 2.89. The normalized spacial score (nSPS) is 16.9. The maximum Gasteiger partial charge on any atom is 0.401 e. The Morgan fingerprint density at radius 3 is 2.44 bits per heavy atom. The molecule has 2 rings (SSSR count). The molecule has 5 nitrogen and oxygen atoms in total.